The van der Waals surface area contributed by atoms with Crippen molar-refractivity contribution in [1.29, 1.82) is 0 Å². The van der Waals surface area contributed by atoms with Crippen LogP contribution < -0.4 is 19.7 Å². The van der Waals surface area contributed by atoms with Gasteiger partial charge in [-0.25, -0.2) is 14.5 Å². The van der Waals surface area contributed by atoms with Crippen molar-refractivity contribution in [2.45, 2.75) is 26.9 Å². The van der Waals surface area contributed by atoms with E-state index in [-0.39, 0.29) is 23.7 Å². The topological polar surface area (TPSA) is 122 Å². The number of aryl methyl sites for hydroxylation is 1. The van der Waals surface area contributed by atoms with E-state index in [9.17, 15) is 19.2 Å². The molecule has 166 valence electrons. The SMILES string of the molecule is CCOc1cc(C=C2C(=O)NC(=O)N(c3ccccc3C)C2=O)ccc1OC(C)C(=O)O. The van der Waals surface area contributed by atoms with Crippen LogP contribution in [0.25, 0.3) is 6.08 Å². The summed E-state index contributed by atoms with van der Waals surface area (Å²) >= 11 is 0. The highest BCUT2D eigenvalue weighted by Gasteiger charge is 2.37. The number of urea groups is 1. The highest BCUT2D eigenvalue weighted by molar-refractivity contribution is 6.39. The van der Waals surface area contributed by atoms with Crippen molar-refractivity contribution in [3.8, 4) is 11.5 Å². The van der Waals surface area contributed by atoms with Gasteiger partial charge in [0.2, 0.25) is 0 Å². The third-order valence-corrected chi connectivity index (χ3v) is 4.69. The van der Waals surface area contributed by atoms with Gasteiger partial charge in [-0.1, -0.05) is 24.3 Å². The van der Waals surface area contributed by atoms with Gasteiger partial charge in [0.15, 0.2) is 17.6 Å². The lowest BCUT2D eigenvalue weighted by Gasteiger charge is -2.27. The third-order valence-electron chi connectivity index (χ3n) is 4.69. The molecule has 1 unspecified atom stereocenters. The third kappa shape index (κ3) is 4.61. The first-order valence-corrected chi connectivity index (χ1v) is 9.86. The highest BCUT2D eigenvalue weighted by Crippen LogP contribution is 2.31. The zero-order chi connectivity index (χ0) is 23.4. The smallest absolute Gasteiger partial charge is 0.344 e. The number of amides is 4. The van der Waals surface area contributed by atoms with Crippen LogP contribution in [0.2, 0.25) is 0 Å². The number of para-hydroxylation sites is 1. The normalized spacial score (nSPS) is 16.0. The minimum atomic E-state index is -1.14. The second-order valence-electron chi connectivity index (χ2n) is 6.98. The summed E-state index contributed by atoms with van der Waals surface area (Å²) in [7, 11) is 0. The Kier molecular flexibility index (Phi) is 6.58. The van der Waals surface area contributed by atoms with Gasteiger partial charge in [0.1, 0.15) is 5.57 Å². The fourth-order valence-electron chi connectivity index (χ4n) is 3.08. The number of hydrogen-bond acceptors (Lipinski definition) is 6. The second kappa shape index (κ2) is 9.34. The molecular formula is C23H22N2O7. The number of carbonyl (C=O) groups excluding carboxylic acids is 3. The molecule has 0 spiro atoms. The molecule has 9 heteroatoms. The maximum Gasteiger partial charge on any atom is 0.344 e. The number of nitrogens with zero attached hydrogens (tertiary/aromatic N) is 1. The van der Waals surface area contributed by atoms with Crippen molar-refractivity contribution in [2.75, 3.05) is 11.5 Å². The van der Waals surface area contributed by atoms with Gasteiger partial charge in [0.05, 0.1) is 12.3 Å². The predicted molar refractivity (Wildman–Crippen MR) is 116 cm³/mol. The van der Waals surface area contributed by atoms with Gasteiger partial charge in [0, 0.05) is 0 Å². The zero-order valence-corrected chi connectivity index (χ0v) is 17.7. The van der Waals surface area contributed by atoms with E-state index < -0.39 is 29.9 Å². The number of carboxylic acid groups (broad SMARTS) is 1. The van der Waals surface area contributed by atoms with E-state index >= 15 is 0 Å². The number of carbonyl (C=O) groups is 4. The maximum atomic E-state index is 13.1. The van der Waals surface area contributed by atoms with Crippen molar-refractivity contribution < 1.29 is 33.8 Å². The lowest BCUT2D eigenvalue weighted by molar-refractivity contribution is -0.144. The Hall–Kier alpha value is -4.14. The van der Waals surface area contributed by atoms with Crippen LogP contribution >= 0.6 is 0 Å². The average Bonchev–Trinajstić information content (AvgIpc) is 2.74. The van der Waals surface area contributed by atoms with Gasteiger partial charge in [0.25, 0.3) is 11.8 Å². The Morgan fingerprint density at radius 3 is 2.53 bits per heavy atom. The number of ether oxygens (including phenoxy) is 2. The van der Waals surface area contributed by atoms with Crippen LogP contribution in [0.1, 0.15) is 25.0 Å². The molecule has 1 atom stereocenters. The molecule has 9 nitrogen and oxygen atoms in total. The van der Waals surface area contributed by atoms with Crippen LogP contribution in [0.3, 0.4) is 0 Å². The Bertz CT molecular complexity index is 1120. The standard InChI is InChI=1S/C23H22N2O7/c1-4-31-19-12-15(9-10-18(19)32-14(3)22(28)29)11-16-20(26)24-23(30)25(21(16)27)17-8-6-5-7-13(17)2/h5-12,14H,4H2,1-3H3,(H,28,29)(H,24,26,30). The van der Waals surface area contributed by atoms with E-state index in [0.29, 0.717) is 16.8 Å². The minimum Gasteiger partial charge on any atom is -0.490 e. The number of rotatable bonds is 7. The molecule has 32 heavy (non-hydrogen) atoms. The Balaban J connectivity index is 1.98. The van der Waals surface area contributed by atoms with Crippen molar-refractivity contribution >= 4 is 35.6 Å². The summed E-state index contributed by atoms with van der Waals surface area (Å²) in [4.78, 5) is 49.8. The summed E-state index contributed by atoms with van der Waals surface area (Å²) in [5.41, 5.74) is 1.26. The van der Waals surface area contributed by atoms with Crippen LogP contribution in [0, 0.1) is 6.92 Å². The van der Waals surface area contributed by atoms with E-state index in [1.165, 1.54) is 25.1 Å². The fourth-order valence-corrected chi connectivity index (χ4v) is 3.08. The second-order valence-corrected chi connectivity index (χ2v) is 6.98. The van der Waals surface area contributed by atoms with Gasteiger partial charge < -0.3 is 14.6 Å². The summed E-state index contributed by atoms with van der Waals surface area (Å²) in [6.45, 7) is 5.17. The Morgan fingerprint density at radius 1 is 1.16 bits per heavy atom. The van der Waals surface area contributed by atoms with Crippen LogP contribution in [-0.2, 0) is 14.4 Å². The lowest BCUT2D eigenvalue weighted by Crippen LogP contribution is -2.54. The number of aliphatic carboxylic acids is 1. The largest absolute Gasteiger partial charge is 0.490 e. The molecule has 0 aromatic heterocycles. The zero-order valence-electron chi connectivity index (χ0n) is 17.7. The number of anilines is 1. The van der Waals surface area contributed by atoms with Crippen molar-refractivity contribution in [2.24, 2.45) is 0 Å². The molecule has 2 N–H and O–H groups in total. The molecule has 0 radical (unpaired) electrons. The molecule has 1 aliphatic heterocycles. The monoisotopic (exact) mass is 438 g/mol. The number of carboxylic acids is 1. The number of hydrogen-bond donors (Lipinski definition) is 2. The first kappa shape index (κ1) is 22.5. The molecule has 1 aliphatic rings. The van der Waals surface area contributed by atoms with E-state index in [2.05, 4.69) is 5.32 Å². The number of nitrogens with one attached hydrogen (secondary N) is 1. The van der Waals surface area contributed by atoms with E-state index in [4.69, 9.17) is 14.6 Å². The van der Waals surface area contributed by atoms with Crippen LogP contribution in [0.5, 0.6) is 11.5 Å². The molecule has 0 aliphatic carbocycles. The van der Waals surface area contributed by atoms with E-state index in [0.717, 1.165) is 4.90 Å². The molecular weight excluding hydrogens is 416 g/mol. The molecule has 2 aromatic rings. The van der Waals surface area contributed by atoms with Gasteiger partial charge in [-0.05, 0) is 56.2 Å². The first-order valence-electron chi connectivity index (χ1n) is 9.86. The van der Waals surface area contributed by atoms with Crippen LogP contribution in [0.4, 0.5) is 10.5 Å². The molecule has 1 saturated heterocycles. The summed E-state index contributed by atoms with van der Waals surface area (Å²) in [6.07, 6.45) is 0.236. The van der Waals surface area contributed by atoms with Gasteiger partial charge in [-0.15, -0.1) is 0 Å². The number of barbiturate groups is 1. The summed E-state index contributed by atoms with van der Waals surface area (Å²) in [5, 5.41) is 11.2. The highest BCUT2D eigenvalue weighted by atomic mass is 16.5. The lowest BCUT2D eigenvalue weighted by atomic mass is 10.1. The molecule has 0 saturated carbocycles. The van der Waals surface area contributed by atoms with E-state index in [1.54, 1.807) is 44.2 Å². The first-order chi connectivity index (χ1) is 15.2. The number of benzene rings is 2. The minimum absolute atomic E-state index is 0.208. The molecule has 3 rings (SSSR count). The molecule has 1 fully saturated rings. The van der Waals surface area contributed by atoms with Gasteiger partial charge >= 0.3 is 12.0 Å². The fraction of sp³-hybridized carbons (Fsp3) is 0.217. The quantitative estimate of drug-likeness (QED) is 0.503. The maximum absolute atomic E-state index is 13.1. The molecule has 0 bridgehead atoms. The summed E-state index contributed by atoms with van der Waals surface area (Å²) in [6, 6.07) is 10.6. The molecule has 1 heterocycles. The Morgan fingerprint density at radius 2 is 1.88 bits per heavy atom. The molecule has 2 aromatic carbocycles. The van der Waals surface area contributed by atoms with Crippen molar-refractivity contribution in [3.63, 3.8) is 0 Å². The predicted octanol–water partition coefficient (Wildman–Crippen LogP) is 2.91. The van der Waals surface area contributed by atoms with Crippen LogP contribution in [-0.4, -0.2) is 41.6 Å². The summed E-state index contributed by atoms with van der Waals surface area (Å²) < 4.78 is 10.9. The Labute approximate surface area is 184 Å². The van der Waals surface area contributed by atoms with Gasteiger partial charge in [-0.2, -0.15) is 0 Å². The number of imide groups is 2. The van der Waals surface area contributed by atoms with Crippen molar-refractivity contribution in [3.05, 3.63) is 59.2 Å². The van der Waals surface area contributed by atoms with Crippen molar-refractivity contribution in [1.82, 2.24) is 5.32 Å². The van der Waals surface area contributed by atoms with Gasteiger partial charge in [-0.3, -0.25) is 14.9 Å². The molecule has 4 amide bonds. The van der Waals surface area contributed by atoms with E-state index in [1.807, 2.05) is 0 Å². The average molecular weight is 438 g/mol. The summed E-state index contributed by atoms with van der Waals surface area (Å²) in [5.74, 6) is -2.25. The van der Waals surface area contributed by atoms with Crippen LogP contribution in [0.15, 0.2) is 48.0 Å².